The molecular formula is C12H22ClN3OS. The van der Waals surface area contributed by atoms with Crippen LogP contribution in [-0.4, -0.2) is 16.9 Å². The lowest BCUT2D eigenvalue weighted by Crippen LogP contribution is -2.40. The van der Waals surface area contributed by atoms with Crippen molar-refractivity contribution in [2.75, 3.05) is 5.32 Å². The molecule has 1 aromatic heterocycles. The first-order valence-electron chi connectivity index (χ1n) is 6.09. The summed E-state index contributed by atoms with van der Waals surface area (Å²) in [5, 5.41) is 5.41. The number of aromatic nitrogens is 1. The molecule has 0 aliphatic rings. The van der Waals surface area contributed by atoms with Gasteiger partial charge in [-0.3, -0.25) is 4.79 Å². The van der Waals surface area contributed by atoms with Crippen molar-refractivity contribution in [1.82, 2.24) is 4.98 Å². The van der Waals surface area contributed by atoms with Crippen LogP contribution in [0.2, 0.25) is 0 Å². The lowest BCUT2D eigenvalue weighted by atomic mass is 10.00. The lowest BCUT2D eigenvalue weighted by Gasteiger charge is -2.16. The van der Waals surface area contributed by atoms with Crippen LogP contribution in [0.3, 0.4) is 0 Å². The molecule has 6 heteroatoms. The molecule has 1 heterocycles. The van der Waals surface area contributed by atoms with Crippen LogP contribution in [0.1, 0.15) is 39.3 Å². The van der Waals surface area contributed by atoms with E-state index in [4.69, 9.17) is 5.73 Å². The SMILES string of the molecule is CCCc1csc(NC(=O)C(N)C(C)CC)n1.Cl. The van der Waals surface area contributed by atoms with Crippen molar-refractivity contribution in [2.45, 2.75) is 46.1 Å². The van der Waals surface area contributed by atoms with E-state index < -0.39 is 6.04 Å². The van der Waals surface area contributed by atoms with Gasteiger partial charge in [0.15, 0.2) is 5.13 Å². The van der Waals surface area contributed by atoms with Crippen molar-refractivity contribution in [1.29, 1.82) is 0 Å². The number of nitrogens with zero attached hydrogens (tertiary/aromatic N) is 1. The third kappa shape index (κ3) is 4.92. The Hall–Kier alpha value is -0.650. The third-order valence-corrected chi connectivity index (χ3v) is 3.65. The quantitative estimate of drug-likeness (QED) is 0.847. The maximum Gasteiger partial charge on any atom is 0.243 e. The molecule has 0 saturated heterocycles. The van der Waals surface area contributed by atoms with Crippen molar-refractivity contribution < 1.29 is 4.79 Å². The lowest BCUT2D eigenvalue weighted by molar-refractivity contribution is -0.118. The summed E-state index contributed by atoms with van der Waals surface area (Å²) >= 11 is 1.46. The fourth-order valence-corrected chi connectivity index (χ4v) is 2.18. The Labute approximate surface area is 119 Å². The number of nitrogens with two attached hydrogens (primary N) is 1. The zero-order valence-corrected chi connectivity index (χ0v) is 12.7. The molecule has 1 amide bonds. The molecule has 104 valence electrons. The highest BCUT2D eigenvalue weighted by molar-refractivity contribution is 7.13. The second-order valence-electron chi connectivity index (χ2n) is 4.29. The molecular weight excluding hydrogens is 270 g/mol. The van der Waals surface area contributed by atoms with Gasteiger partial charge in [0, 0.05) is 5.38 Å². The topological polar surface area (TPSA) is 68.0 Å². The molecule has 0 fully saturated rings. The Morgan fingerprint density at radius 1 is 1.56 bits per heavy atom. The van der Waals surface area contributed by atoms with Gasteiger partial charge in [-0.25, -0.2) is 4.98 Å². The van der Waals surface area contributed by atoms with E-state index in [1.165, 1.54) is 11.3 Å². The summed E-state index contributed by atoms with van der Waals surface area (Å²) < 4.78 is 0. The van der Waals surface area contributed by atoms with Gasteiger partial charge >= 0.3 is 0 Å². The first-order chi connectivity index (χ1) is 8.08. The largest absolute Gasteiger partial charge is 0.320 e. The molecule has 0 spiro atoms. The minimum atomic E-state index is -0.460. The van der Waals surface area contributed by atoms with E-state index in [2.05, 4.69) is 17.2 Å². The van der Waals surface area contributed by atoms with Gasteiger partial charge in [-0.1, -0.05) is 33.6 Å². The molecule has 0 aromatic carbocycles. The van der Waals surface area contributed by atoms with Crippen molar-refractivity contribution in [2.24, 2.45) is 11.7 Å². The van der Waals surface area contributed by atoms with Gasteiger partial charge in [-0.15, -0.1) is 23.7 Å². The highest BCUT2D eigenvalue weighted by Crippen LogP contribution is 2.17. The highest BCUT2D eigenvalue weighted by atomic mass is 35.5. The summed E-state index contributed by atoms with van der Waals surface area (Å²) in [6, 6.07) is -0.460. The number of amides is 1. The molecule has 0 saturated carbocycles. The average molecular weight is 292 g/mol. The number of hydrogen-bond donors (Lipinski definition) is 2. The minimum Gasteiger partial charge on any atom is -0.320 e. The highest BCUT2D eigenvalue weighted by Gasteiger charge is 2.20. The number of carbonyl (C=O) groups excluding carboxylic acids is 1. The van der Waals surface area contributed by atoms with Crippen LogP contribution < -0.4 is 11.1 Å². The summed E-state index contributed by atoms with van der Waals surface area (Å²) in [7, 11) is 0. The predicted octanol–water partition coefficient (Wildman–Crippen LogP) is 2.83. The van der Waals surface area contributed by atoms with Gasteiger partial charge in [0.25, 0.3) is 0 Å². The molecule has 2 atom stereocenters. The number of hydrogen-bond acceptors (Lipinski definition) is 4. The predicted molar refractivity (Wildman–Crippen MR) is 79.4 cm³/mol. The summed E-state index contributed by atoms with van der Waals surface area (Å²) in [4.78, 5) is 16.1. The number of rotatable bonds is 6. The molecule has 0 bridgehead atoms. The molecule has 0 aliphatic heterocycles. The van der Waals surface area contributed by atoms with E-state index in [-0.39, 0.29) is 24.2 Å². The van der Waals surface area contributed by atoms with E-state index in [0.717, 1.165) is 25.0 Å². The normalized spacial score (nSPS) is 13.6. The summed E-state index contributed by atoms with van der Waals surface area (Å²) in [6.45, 7) is 6.12. The molecule has 3 N–H and O–H groups in total. The van der Waals surface area contributed by atoms with Crippen molar-refractivity contribution in [3.8, 4) is 0 Å². The zero-order valence-electron chi connectivity index (χ0n) is 11.1. The van der Waals surface area contributed by atoms with Gasteiger partial charge < -0.3 is 11.1 Å². The van der Waals surface area contributed by atoms with Crippen molar-refractivity contribution >= 4 is 34.8 Å². The van der Waals surface area contributed by atoms with Crippen molar-refractivity contribution in [3.63, 3.8) is 0 Å². The van der Waals surface area contributed by atoms with E-state index >= 15 is 0 Å². The zero-order chi connectivity index (χ0) is 12.8. The Bertz CT molecular complexity index is 370. The summed E-state index contributed by atoms with van der Waals surface area (Å²) in [6.07, 6.45) is 2.90. The molecule has 1 aromatic rings. The van der Waals surface area contributed by atoms with Gasteiger partial charge in [-0.2, -0.15) is 0 Å². The van der Waals surface area contributed by atoms with E-state index in [1.807, 2.05) is 19.2 Å². The molecule has 0 radical (unpaired) electrons. The van der Waals surface area contributed by atoms with E-state index in [1.54, 1.807) is 0 Å². The third-order valence-electron chi connectivity index (χ3n) is 2.85. The molecule has 1 rings (SSSR count). The van der Waals surface area contributed by atoms with Gasteiger partial charge in [0.05, 0.1) is 11.7 Å². The summed E-state index contributed by atoms with van der Waals surface area (Å²) in [5.74, 6) is 0.0434. The van der Waals surface area contributed by atoms with Crippen LogP contribution in [0.4, 0.5) is 5.13 Å². The van der Waals surface area contributed by atoms with Crippen LogP contribution in [0, 0.1) is 5.92 Å². The van der Waals surface area contributed by atoms with Gasteiger partial charge in [-0.05, 0) is 12.3 Å². The average Bonchev–Trinajstić information content (AvgIpc) is 2.75. The smallest absolute Gasteiger partial charge is 0.243 e. The number of carbonyl (C=O) groups is 1. The fourth-order valence-electron chi connectivity index (χ4n) is 1.44. The Kier molecular flexibility index (Phi) is 8.15. The number of nitrogens with one attached hydrogen (secondary N) is 1. The van der Waals surface area contributed by atoms with Crippen LogP contribution in [0.5, 0.6) is 0 Å². The fraction of sp³-hybridized carbons (Fsp3) is 0.667. The maximum atomic E-state index is 11.8. The standard InChI is InChI=1S/C12H21N3OS.ClH/c1-4-6-9-7-17-12(14-9)15-11(16)10(13)8(3)5-2;/h7-8,10H,4-6,13H2,1-3H3,(H,14,15,16);1H. The number of anilines is 1. The Balaban J connectivity index is 0.00000289. The molecule has 4 nitrogen and oxygen atoms in total. The Morgan fingerprint density at radius 2 is 2.22 bits per heavy atom. The second kappa shape index (κ2) is 8.45. The van der Waals surface area contributed by atoms with Crippen LogP contribution in [0.25, 0.3) is 0 Å². The monoisotopic (exact) mass is 291 g/mol. The van der Waals surface area contributed by atoms with Gasteiger partial charge in [0.2, 0.25) is 5.91 Å². The van der Waals surface area contributed by atoms with Gasteiger partial charge in [0.1, 0.15) is 0 Å². The van der Waals surface area contributed by atoms with Crippen LogP contribution in [0.15, 0.2) is 5.38 Å². The van der Waals surface area contributed by atoms with E-state index in [0.29, 0.717) is 5.13 Å². The number of thiazole rings is 1. The summed E-state index contributed by atoms with van der Waals surface area (Å²) in [5.41, 5.74) is 6.88. The Morgan fingerprint density at radius 3 is 2.78 bits per heavy atom. The number of halogens is 1. The maximum absolute atomic E-state index is 11.8. The molecule has 2 unspecified atom stereocenters. The van der Waals surface area contributed by atoms with Crippen LogP contribution in [-0.2, 0) is 11.2 Å². The second-order valence-corrected chi connectivity index (χ2v) is 5.15. The molecule has 0 aliphatic carbocycles. The van der Waals surface area contributed by atoms with Crippen molar-refractivity contribution in [3.05, 3.63) is 11.1 Å². The first-order valence-corrected chi connectivity index (χ1v) is 6.97. The number of aryl methyl sites for hydroxylation is 1. The minimum absolute atomic E-state index is 0. The first kappa shape index (κ1) is 17.4. The molecule has 18 heavy (non-hydrogen) atoms. The van der Waals surface area contributed by atoms with Crippen LogP contribution >= 0.6 is 23.7 Å². The van der Waals surface area contributed by atoms with E-state index in [9.17, 15) is 4.79 Å².